The van der Waals surface area contributed by atoms with Crippen molar-refractivity contribution in [2.75, 3.05) is 37.6 Å². The number of carbonyl (C=O) groups excluding carboxylic acids is 1. The second-order valence-electron chi connectivity index (χ2n) is 7.60. The van der Waals surface area contributed by atoms with E-state index < -0.39 is 0 Å². The molecule has 1 N–H and O–H groups in total. The van der Waals surface area contributed by atoms with Crippen LogP contribution < -0.4 is 10.2 Å². The molecule has 4 rings (SSSR count). The highest BCUT2D eigenvalue weighted by Gasteiger charge is 2.25. The lowest BCUT2D eigenvalue weighted by molar-refractivity contribution is 0.0988. The van der Waals surface area contributed by atoms with Crippen molar-refractivity contribution in [3.63, 3.8) is 0 Å². The van der Waals surface area contributed by atoms with Crippen molar-refractivity contribution in [3.05, 3.63) is 48.0 Å². The van der Waals surface area contributed by atoms with Crippen LogP contribution in [0.2, 0.25) is 0 Å². The van der Waals surface area contributed by atoms with Gasteiger partial charge < -0.3 is 10.2 Å². The highest BCUT2D eigenvalue weighted by atomic mass is 32.2. The number of ketones is 1. The fourth-order valence-electron chi connectivity index (χ4n) is 4.07. The molecule has 0 amide bonds. The van der Waals surface area contributed by atoms with Crippen LogP contribution in [-0.4, -0.2) is 49.4 Å². The highest BCUT2D eigenvalue weighted by Crippen LogP contribution is 2.48. The number of carbonyl (C=O) groups is 1. The van der Waals surface area contributed by atoms with Crippen LogP contribution in [0.15, 0.2) is 52.3 Å². The zero-order valence-corrected chi connectivity index (χ0v) is 17.6. The van der Waals surface area contributed by atoms with E-state index in [4.69, 9.17) is 0 Å². The second-order valence-corrected chi connectivity index (χ2v) is 8.69. The summed E-state index contributed by atoms with van der Waals surface area (Å²) in [6, 6.07) is 15.4. The summed E-state index contributed by atoms with van der Waals surface area (Å²) in [6.45, 7) is 9.69. The second kappa shape index (κ2) is 8.68. The summed E-state index contributed by atoms with van der Waals surface area (Å²) in [4.78, 5) is 19.7. The molecule has 1 atom stereocenters. The number of rotatable bonds is 6. The number of nitrogens with zero attached hydrogens (tertiary/aromatic N) is 2. The summed E-state index contributed by atoms with van der Waals surface area (Å²) in [7, 11) is 0. The number of benzene rings is 2. The van der Waals surface area contributed by atoms with Crippen molar-refractivity contribution in [1.29, 1.82) is 0 Å². The van der Waals surface area contributed by atoms with Gasteiger partial charge in [0.05, 0.1) is 11.4 Å². The van der Waals surface area contributed by atoms with Crippen molar-refractivity contribution in [2.24, 2.45) is 0 Å². The lowest BCUT2D eigenvalue weighted by Crippen LogP contribution is -2.48. The summed E-state index contributed by atoms with van der Waals surface area (Å²) in [5.41, 5.74) is 3.33. The fraction of sp³-hybridized carbons (Fsp3) is 0.435. The normalized spacial score (nSPS) is 17.7. The van der Waals surface area contributed by atoms with E-state index in [-0.39, 0.29) is 5.78 Å². The van der Waals surface area contributed by atoms with E-state index in [0.29, 0.717) is 12.5 Å². The molecular formula is C23H29N3OS. The minimum Gasteiger partial charge on any atom is -0.340 e. The molecule has 0 aliphatic carbocycles. The number of hydrogen-bond acceptors (Lipinski definition) is 5. The lowest BCUT2D eigenvalue weighted by atomic mass is 10.1. The van der Waals surface area contributed by atoms with Gasteiger partial charge in [0.15, 0.2) is 5.78 Å². The van der Waals surface area contributed by atoms with Gasteiger partial charge in [0.2, 0.25) is 0 Å². The predicted octanol–water partition coefficient (Wildman–Crippen LogP) is 4.57. The molecule has 1 saturated heterocycles. The molecule has 4 nitrogen and oxygen atoms in total. The molecule has 0 bridgehead atoms. The Hall–Kier alpha value is -1.82. The maximum Gasteiger partial charge on any atom is 0.162 e. The first kappa shape index (κ1) is 19.5. The van der Waals surface area contributed by atoms with E-state index in [1.807, 2.05) is 13.0 Å². The molecule has 1 fully saturated rings. The zero-order valence-electron chi connectivity index (χ0n) is 16.8. The average molecular weight is 396 g/mol. The van der Waals surface area contributed by atoms with Crippen molar-refractivity contribution in [2.45, 2.75) is 42.5 Å². The Bertz CT molecular complexity index is 847. The molecule has 0 radical (unpaired) electrons. The first-order chi connectivity index (χ1) is 13.7. The highest BCUT2D eigenvalue weighted by molar-refractivity contribution is 7.99. The van der Waals surface area contributed by atoms with E-state index in [0.717, 1.165) is 44.7 Å². The van der Waals surface area contributed by atoms with Crippen molar-refractivity contribution >= 4 is 28.9 Å². The molecule has 0 spiro atoms. The van der Waals surface area contributed by atoms with Crippen LogP contribution in [0.3, 0.4) is 0 Å². The molecule has 0 saturated carbocycles. The summed E-state index contributed by atoms with van der Waals surface area (Å²) in [5, 5.41) is 3.44. The number of nitrogens with one attached hydrogen (secondary N) is 1. The number of piperazine rings is 1. The van der Waals surface area contributed by atoms with Gasteiger partial charge in [-0.1, -0.05) is 30.8 Å². The van der Waals surface area contributed by atoms with Crippen LogP contribution in [0.25, 0.3) is 0 Å². The first-order valence-corrected chi connectivity index (χ1v) is 11.2. The third kappa shape index (κ3) is 3.97. The van der Waals surface area contributed by atoms with E-state index in [9.17, 15) is 4.79 Å². The Morgan fingerprint density at radius 3 is 2.64 bits per heavy atom. The van der Waals surface area contributed by atoms with Gasteiger partial charge in [0, 0.05) is 60.5 Å². The minimum atomic E-state index is 0.209. The topological polar surface area (TPSA) is 35.6 Å². The number of hydrogen-bond donors (Lipinski definition) is 1. The third-order valence-corrected chi connectivity index (χ3v) is 6.93. The average Bonchev–Trinajstić information content (AvgIpc) is 2.76. The zero-order chi connectivity index (χ0) is 19.5. The summed E-state index contributed by atoms with van der Waals surface area (Å²) in [6.07, 6.45) is 1.67. The molecule has 5 heteroatoms. The van der Waals surface area contributed by atoms with Gasteiger partial charge in [-0.15, -0.1) is 0 Å². The molecule has 0 aromatic heterocycles. The fourth-order valence-corrected chi connectivity index (χ4v) is 5.21. The third-order valence-electron chi connectivity index (χ3n) is 5.82. The van der Waals surface area contributed by atoms with E-state index in [1.165, 1.54) is 21.2 Å². The molecule has 2 aromatic carbocycles. The van der Waals surface area contributed by atoms with Gasteiger partial charge in [-0.05, 0) is 43.7 Å². The molecule has 148 valence electrons. The van der Waals surface area contributed by atoms with Crippen molar-refractivity contribution < 1.29 is 4.79 Å². The van der Waals surface area contributed by atoms with Crippen molar-refractivity contribution in [3.8, 4) is 0 Å². The van der Waals surface area contributed by atoms with Crippen LogP contribution >= 0.6 is 11.8 Å². The first-order valence-electron chi connectivity index (χ1n) is 10.3. The van der Waals surface area contributed by atoms with Gasteiger partial charge in [-0.3, -0.25) is 9.69 Å². The standard InChI is InChI=1S/C23H29N3OS/c1-3-21(27)18-8-9-20-23(16-18)28-22-7-5-4-6-19(22)26(20)13-10-17(2)25-14-11-24-12-15-25/h4-9,16-17,24H,3,10-15H2,1-2H3. The minimum absolute atomic E-state index is 0.209. The summed E-state index contributed by atoms with van der Waals surface area (Å²) in [5.74, 6) is 0.209. The lowest BCUT2D eigenvalue weighted by Gasteiger charge is -2.37. The van der Waals surface area contributed by atoms with Crippen LogP contribution in [0.1, 0.15) is 37.0 Å². The van der Waals surface area contributed by atoms with Gasteiger partial charge in [-0.2, -0.15) is 0 Å². The van der Waals surface area contributed by atoms with Gasteiger partial charge in [0.25, 0.3) is 0 Å². The molecule has 1 unspecified atom stereocenters. The Balaban J connectivity index is 1.58. The van der Waals surface area contributed by atoms with E-state index in [1.54, 1.807) is 11.8 Å². The summed E-state index contributed by atoms with van der Waals surface area (Å²) >= 11 is 1.78. The van der Waals surface area contributed by atoms with Gasteiger partial charge >= 0.3 is 0 Å². The van der Waals surface area contributed by atoms with Crippen molar-refractivity contribution in [1.82, 2.24) is 10.2 Å². The Morgan fingerprint density at radius 2 is 1.86 bits per heavy atom. The predicted molar refractivity (Wildman–Crippen MR) is 117 cm³/mol. The van der Waals surface area contributed by atoms with Crippen LogP contribution in [0.4, 0.5) is 11.4 Å². The summed E-state index contributed by atoms with van der Waals surface area (Å²) < 4.78 is 0. The van der Waals surface area contributed by atoms with Gasteiger partial charge in [-0.25, -0.2) is 0 Å². The van der Waals surface area contributed by atoms with Crippen LogP contribution in [0, 0.1) is 0 Å². The Morgan fingerprint density at radius 1 is 1.11 bits per heavy atom. The largest absolute Gasteiger partial charge is 0.340 e. The Labute approximate surface area is 172 Å². The molecule has 2 heterocycles. The molecule has 2 aliphatic heterocycles. The number of Topliss-reactive ketones (excluding diaryl/α,β-unsaturated/α-hetero) is 1. The Kier molecular flexibility index (Phi) is 6.04. The molecule has 2 aliphatic rings. The van der Waals surface area contributed by atoms with Crippen LogP contribution in [-0.2, 0) is 0 Å². The number of anilines is 2. The quantitative estimate of drug-likeness (QED) is 0.725. The maximum absolute atomic E-state index is 12.2. The molecular weight excluding hydrogens is 366 g/mol. The van der Waals surface area contributed by atoms with Crippen LogP contribution in [0.5, 0.6) is 0 Å². The van der Waals surface area contributed by atoms with Gasteiger partial charge in [0.1, 0.15) is 0 Å². The van der Waals surface area contributed by atoms with E-state index >= 15 is 0 Å². The SMILES string of the molecule is CCC(=O)c1ccc2c(c1)Sc1ccccc1N2CCC(C)N1CCNCC1. The number of fused-ring (bicyclic) bond motifs is 2. The van der Waals surface area contributed by atoms with E-state index in [2.05, 4.69) is 58.4 Å². The molecule has 28 heavy (non-hydrogen) atoms. The monoisotopic (exact) mass is 395 g/mol. The molecule has 2 aromatic rings. The smallest absolute Gasteiger partial charge is 0.162 e. The maximum atomic E-state index is 12.2. The number of para-hydroxylation sites is 1.